The molecule has 1 saturated heterocycles. The highest BCUT2D eigenvalue weighted by Gasteiger charge is 2.40. The van der Waals surface area contributed by atoms with E-state index in [1.54, 1.807) is 69.2 Å². The maximum atomic E-state index is 14.6. The van der Waals surface area contributed by atoms with Crippen molar-refractivity contribution in [3.05, 3.63) is 0 Å². The highest BCUT2D eigenvalue weighted by molar-refractivity contribution is 5.99. The van der Waals surface area contributed by atoms with Gasteiger partial charge in [-0.25, -0.2) is 4.79 Å². The van der Waals surface area contributed by atoms with Crippen LogP contribution in [0.2, 0.25) is 0 Å². The molecule has 11 atom stereocenters. The number of carbonyl (C=O) groups excluding carboxylic acids is 9. The zero-order valence-electron chi connectivity index (χ0n) is 45.4. The SMILES string of the molecule is CCCCCCC[C@@H](O)CC(=O)N[C@H](CC(C)C)C(=O)N[C@@H](CC(=O)O)C(=O)N[C@@H]1C(=O)N[C@@H](CC(C)C)C(=O)N[C@@H](CC(C)C)C(=O)N[C@@H](CO)C(=O)N[C@@H](CC(C)C)C(=O)N[C@H]([C@@H](C)CC)C(=O)O[C@H]1C. The molecule has 22 nitrogen and oxygen atoms in total. The standard InChI is InChI=1S/C51H90N8O14/c1-13-15-16-17-18-19-33(61)24-40(62)52-34(20-27(3)4)44(65)55-38(25-41(63)64)48(69)59-43-32(12)73-51(72)42(31(11)14-2)58-47(68)37(23-30(9)10)54-49(70)39(26-60)57-46(67)35(21-28(5)6)53-45(66)36(22-29(7)8)56-50(43)71/h27-39,42-43,60-61H,13-26H2,1-12H3,(H,52,62)(H,53,66)(H,54,70)(H,55,65)(H,56,71)(H,57,67)(H,58,68)(H,59,69)(H,63,64)/t31-,32-,33+,34+,35-,36-,37-,38-,39-,42+,43-/m0/s1. The van der Waals surface area contributed by atoms with Gasteiger partial charge in [0.15, 0.2) is 0 Å². The summed E-state index contributed by atoms with van der Waals surface area (Å²) in [5.41, 5.74) is 0. The van der Waals surface area contributed by atoms with E-state index in [0.717, 1.165) is 25.7 Å². The number of unbranched alkanes of at least 4 members (excludes halogenated alkanes) is 4. The molecule has 418 valence electrons. The molecule has 0 saturated carbocycles. The third kappa shape index (κ3) is 24.9. The monoisotopic (exact) mass is 1040 g/mol. The second kappa shape index (κ2) is 33.4. The van der Waals surface area contributed by atoms with Crippen molar-refractivity contribution in [2.45, 2.75) is 227 Å². The van der Waals surface area contributed by atoms with Crippen LogP contribution in [0.3, 0.4) is 0 Å². The topological polar surface area (TPSA) is 337 Å². The van der Waals surface area contributed by atoms with Crippen LogP contribution in [0.25, 0.3) is 0 Å². The average Bonchev–Trinajstić information content (AvgIpc) is 3.28. The molecule has 0 radical (unpaired) electrons. The van der Waals surface area contributed by atoms with E-state index in [4.69, 9.17) is 4.74 Å². The summed E-state index contributed by atoms with van der Waals surface area (Å²) < 4.78 is 5.84. The second-order valence-electron chi connectivity index (χ2n) is 21.3. The summed E-state index contributed by atoms with van der Waals surface area (Å²) in [6, 6.07) is -12.0. The van der Waals surface area contributed by atoms with Crippen LogP contribution in [0.4, 0.5) is 0 Å². The molecule has 0 bridgehead atoms. The highest BCUT2D eigenvalue weighted by Crippen LogP contribution is 2.17. The minimum atomic E-state index is -1.90. The minimum Gasteiger partial charge on any atom is -0.481 e. The second-order valence-corrected chi connectivity index (χ2v) is 21.3. The summed E-state index contributed by atoms with van der Waals surface area (Å²) in [5.74, 6) is -11.4. The Hall–Kier alpha value is -5.38. The van der Waals surface area contributed by atoms with E-state index in [2.05, 4.69) is 49.5 Å². The van der Waals surface area contributed by atoms with Gasteiger partial charge in [0, 0.05) is 0 Å². The lowest BCUT2D eigenvalue weighted by Gasteiger charge is -2.31. The molecule has 11 N–H and O–H groups in total. The fourth-order valence-electron chi connectivity index (χ4n) is 8.19. The van der Waals surface area contributed by atoms with Crippen molar-refractivity contribution in [2.75, 3.05) is 6.61 Å². The van der Waals surface area contributed by atoms with Gasteiger partial charge in [-0.05, 0) is 68.6 Å². The predicted octanol–water partition coefficient (Wildman–Crippen LogP) is 1.62. The van der Waals surface area contributed by atoms with E-state index in [0.29, 0.717) is 19.3 Å². The number of rotatable bonds is 26. The van der Waals surface area contributed by atoms with Gasteiger partial charge in [0.05, 0.1) is 25.6 Å². The van der Waals surface area contributed by atoms with E-state index in [1.165, 1.54) is 6.92 Å². The number of aliphatic carboxylic acids is 1. The number of cyclic esters (lactones) is 1. The molecule has 0 spiro atoms. The molecule has 73 heavy (non-hydrogen) atoms. The number of ether oxygens (including phenoxy) is 1. The fourth-order valence-corrected chi connectivity index (χ4v) is 8.19. The quantitative estimate of drug-likeness (QED) is 0.0434. The van der Waals surface area contributed by atoms with Gasteiger partial charge in [-0.2, -0.15) is 0 Å². The normalized spacial score (nSPS) is 23.6. The lowest BCUT2D eigenvalue weighted by molar-refractivity contribution is -0.157. The van der Waals surface area contributed by atoms with E-state index >= 15 is 0 Å². The van der Waals surface area contributed by atoms with Gasteiger partial charge in [-0.15, -0.1) is 0 Å². The molecule has 0 aromatic heterocycles. The number of hydrogen-bond donors (Lipinski definition) is 11. The van der Waals surface area contributed by atoms with Gasteiger partial charge in [-0.3, -0.25) is 43.2 Å². The molecule has 0 aromatic carbocycles. The first kappa shape index (κ1) is 65.6. The summed E-state index contributed by atoms with van der Waals surface area (Å²) >= 11 is 0. The van der Waals surface area contributed by atoms with E-state index < -0.39 is 139 Å². The predicted molar refractivity (Wildman–Crippen MR) is 272 cm³/mol. The number of amides is 8. The van der Waals surface area contributed by atoms with Gasteiger partial charge in [0.1, 0.15) is 54.4 Å². The van der Waals surface area contributed by atoms with Crippen LogP contribution in [0.1, 0.15) is 167 Å². The van der Waals surface area contributed by atoms with Crippen molar-refractivity contribution in [3.8, 4) is 0 Å². The summed E-state index contributed by atoms with van der Waals surface area (Å²) in [4.78, 5) is 138. The van der Waals surface area contributed by atoms with Crippen LogP contribution in [-0.2, 0) is 52.7 Å². The van der Waals surface area contributed by atoms with Gasteiger partial charge in [0.25, 0.3) is 0 Å². The van der Waals surface area contributed by atoms with Crippen molar-refractivity contribution >= 4 is 59.2 Å². The molecule has 8 amide bonds. The first-order chi connectivity index (χ1) is 34.1. The van der Waals surface area contributed by atoms with Crippen molar-refractivity contribution in [3.63, 3.8) is 0 Å². The molecule has 0 aliphatic carbocycles. The lowest BCUT2D eigenvalue weighted by Crippen LogP contribution is -2.62. The van der Waals surface area contributed by atoms with E-state index in [9.17, 15) is 63.3 Å². The minimum absolute atomic E-state index is 0.0277. The van der Waals surface area contributed by atoms with Gasteiger partial charge < -0.3 is 62.6 Å². The summed E-state index contributed by atoms with van der Waals surface area (Å²) in [7, 11) is 0. The third-order valence-electron chi connectivity index (χ3n) is 12.4. The molecule has 1 aliphatic rings. The maximum Gasteiger partial charge on any atom is 0.329 e. The zero-order valence-corrected chi connectivity index (χ0v) is 45.4. The number of hydrogen-bond acceptors (Lipinski definition) is 13. The Morgan fingerprint density at radius 2 is 1.08 bits per heavy atom. The number of carboxylic acid groups (broad SMARTS) is 1. The number of aliphatic hydroxyl groups excluding tert-OH is 2. The Morgan fingerprint density at radius 1 is 0.603 bits per heavy atom. The first-order valence-corrected chi connectivity index (χ1v) is 26.3. The van der Waals surface area contributed by atoms with Crippen LogP contribution in [0.15, 0.2) is 0 Å². The van der Waals surface area contributed by atoms with Crippen molar-refractivity contribution in [1.29, 1.82) is 0 Å². The molecular weight excluding hydrogens is 949 g/mol. The molecule has 1 rings (SSSR count). The Bertz CT molecular complexity index is 1830. The fraction of sp³-hybridized carbons (Fsp3) is 0.804. The molecular formula is C51H90N8O14. The third-order valence-corrected chi connectivity index (χ3v) is 12.4. The average molecular weight is 1040 g/mol. The van der Waals surface area contributed by atoms with E-state index in [1.807, 2.05) is 0 Å². The maximum absolute atomic E-state index is 14.6. The smallest absolute Gasteiger partial charge is 0.329 e. The largest absolute Gasteiger partial charge is 0.481 e. The zero-order chi connectivity index (χ0) is 55.7. The van der Waals surface area contributed by atoms with Crippen LogP contribution < -0.4 is 42.5 Å². The number of esters is 1. The van der Waals surface area contributed by atoms with Crippen LogP contribution in [0, 0.1) is 29.6 Å². The molecule has 22 heteroatoms. The number of carboxylic acids is 1. The molecule has 1 heterocycles. The van der Waals surface area contributed by atoms with Crippen molar-refractivity contribution < 1.29 is 68.0 Å². The Kier molecular flexibility index (Phi) is 30.1. The van der Waals surface area contributed by atoms with Crippen LogP contribution >= 0.6 is 0 Å². The van der Waals surface area contributed by atoms with Crippen molar-refractivity contribution in [1.82, 2.24) is 42.5 Å². The Balaban J connectivity index is 3.89. The molecule has 1 aliphatic heterocycles. The van der Waals surface area contributed by atoms with Gasteiger partial charge >= 0.3 is 11.9 Å². The number of carbonyl (C=O) groups is 10. The Morgan fingerprint density at radius 3 is 1.55 bits per heavy atom. The highest BCUT2D eigenvalue weighted by atomic mass is 16.5. The molecule has 1 fully saturated rings. The van der Waals surface area contributed by atoms with Crippen LogP contribution in [-0.4, -0.2) is 142 Å². The first-order valence-electron chi connectivity index (χ1n) is 26.3. The summed E-state index contributed by atoms with van der Waals surface area (Å²) in [6.07, 6.45) is 1.60. The summed E-state index contributed by atoms with van der Waals surface area (Å²) in [5, 5.41) is 51.1. The lowest BCUT2D eigenvalue weighted by atomic mass is 9.97. The van der Waals surface area contributed by atoms with Gasteiger partial charge in [0.2, 0.25) is 47.3 Å². The van der Waals surface area contributed by atoms with Crippen molar-refractivity contribution in [2.24, 2.45) is 29.6 Å². The molecule has 0 unspecified atom stereocenters. The molecule has 0 aromatic rings. The number of aliphatic hydroxyl groups is 2. The van der Waals surface area contributed by atoms with Gasteiger partial charge in [-0.1, -0.05) is 115 Å². The summed E-state index contributed by atoms with van der Waals surface area (Å²) in [6.45, 7) is 20.0. The number of nitrogens with one attached hydrogen (secondary N) is 8. The Labute approximate surface area is 431 Å². The van der Waals surface area contributed by atoms with E-state index in [-0.39, 0.29) is 55.8 Å². The van der Waals surface area contributed by atoms with Crippen LogP contribution in [0.5, 0.6) is 0 Å².